The molecule has 7 nitrogen and oxygen atoms in total. The van der Waals surface area contributed by atoms with Gasteiger partial charge in [-0.1, -0.05) is 24.3 Å². The summed E-state index contributed by atoms with van der Waals surface area (Å²) in [6, 6.07) is 19.4. The van der Waals surface area contributed by atoms with Crippen molar-refractivity contribution in [2.45, 2.75) is 17.7 Å². The molecule has 0 bridgehead atoms. The van der Waals surface area contributed by atoms with Crippen molar-refractivity contribution in [3.63, 3.8) is 0 Å². The summed E-state index contributed by atoms with van der Waals surface area (Å²) in [6.45, 7) is 2.17. The SMILES string of the molecule is O=C(Nc1ccc2c(c1)OCCO2)c1ccc(-c2ccc(S(=O)(=O)N3CCCC3)cc2)cc1. The molecule has 3 aromatic carbocycles. The van der Waals surface area contributed by atoms with Gasteiger partial charge in [0.2, 0.25) is 10.0 Å². The molecule has 0 unspecified atom stereocenters. The minimum atomic E-state index is -3.43. The fraction of sp³-hybridized carbons (Fsp3) is 0.240. The lowest BCUT2D eigenvalue weighted by Gasteiger charge is -2.19. The molecular weight excluding hydrogens is 440 g/mol. The lowest BCUT2D eigenvalue weighted by Crippen LogP contribution is -2.27. The van der Waals surface area contributed by atoms with Gasteiger partial charge in [-0.2, -0.15) is 4.31 Å². The molecule has 8 heteroatoms. The Morgan fingerprint density at radius 3 is 2.06 bits per heavy atom. The molecule has 2 heterocycles. The lowest BCUT2D eigenvalue weighted by atomic mass is 10.0. The third-order valence-corrected chi connectivity index (χ3v) is 7.75. The van der Waals surface area contributed by atoms with Gasteiger partial charge >= 0.3 is 0 Å². The predicted octanol–water partition coefficient (Wildman–Crippen LogP) is 4.16. The fourth-order valence-corrected chi connectivity index (χ4v) is 5.55. The van der Waals surface area contributed by atoms with Crippen LogP contribution >= 0.6 is 0 Å². The molecule has 0 atom stereocenters. The number of hydrogen-bond donors (Lipinski definition) is 1. The van der Waals surface area contributed by atoms with E-state index in [1.165, 1.54) is 4.31 Å². The molecule has 1 saturated heterocycles. The van der Waals surface area contributed by atoms with E-state index in [2.05, 4.69) is 5.32 Å². The third-order valence-electron chi connectivity index (χ3n) is 5.84. The first-order chi connectivity index (χ1) is 16.0. The van der Waals surface area contributed by atoms with Crippen LogP contribution in [0.15, 0.2) is 71.6 Å². The second kappa shape index (κ2) is 8.88. The van der Waals surface area contributed by atoms with Crippen molar-refractivity contribution in [2.75, 3.05) is 31.6 Å². The van der Waals surface area contributed by atoms with E-state index in [4.69, 9.17) is 9.47 Å². The number of nitrogens with zero attached hydrogens (tertiary/aromatic N) is 1. The fourth-order valence-electron chi connectivity index (χ4n) is 4.04. The van der Waals surface area contributed by atoms with Crippen molar-refractivity contribution < 1.29 is 22.7 Å². The second-order valence-corrected chi connectivity index (χ2v) is 9.96. The van der Waals surface area contributed by atoms with Gasteiger partial charge in [-0.15, -0.1) is 0 Å². The average Bonchev–Trinajstić information content (AvgIpc) is 3.40. The van der Waals surface area contributed by atoms with Crippen molar-refractivity contribution in [2.24, 2.45) is 0 Å². The number of rotatable bonds is 5. The van der Waals surface area contributed by atoms with Crippen molar-refractivity contribution in [1.29, 1.82) is 0 Å². The highest BCUT2D eigenvalue weighted by molar-refractivity contribution is 7.89. The first-order valence-corrected chi connectivity index (χ1v) is 12.4. The summed E-state index contributed by atoms with van der Waals surface area (Å²) in [7, 11) is -3.43. The predicted molar refractivity (Wildman–Crippen MR) is 125 cm³/mol. The number of sulfonamides is 1. The summed E-state index contributed by atoms with van der Waals surface area (Å²) in [4.78, 5) is 13.0. The highest BCUT2D eigenvalue weighted by atomic mass is 32.2. The molecule has 0 aromatic heterocycles. The Balaban J connectivity index is 1.28. The van der Waals surface area contributed by atoms with Crippen molar-refractivity contribution >= 4 is 21.6 Å². The van der Waals surface area contributed by atoms with Crippen LogP contribution < -0.4 is 14.8 Å². The quantitative estimate of drug-likeness (QED) is 0.613. The summed E-state index contributed by atoms with van der Waals surface area (Å²) in [6.07, 6.45) is 1.82. The summed E-state index contributed by atoms with van der Waals surface area (Å²) in [5.41, 5.74) is 2.93. The number of anilines is 1. The van der Waals surface area contributed by atoms with Crippen molar-refractivity contribution in [3.05, 3.63) is 72.3 Å². The largest absolute Gasteiger partial charge is 0.486 e. The van der Waals surface area contributed by atoms with E-state index in [0.29, 0.717) is 53.9 Å². The number of ether oxygens (including phenoxy) is 2. The zero-order valence-corrected chi connectivity index (χ0v) is 18.8. The van der Waals surface area contributed by atoms with Crippen LogP contribution in [0.4, 0.5) is 5.69 Å². The maximum Gasteiger partial charge on any atom is 0.255 e. The third kappa shape index (κ3) is 4.44. The molecule has 1 fully saturated rings. The van der Waals surface area contributed by atoms with Gasteiger partial charge in [0, 0.05) is 30.4 Å². The molecule has 1 amide bonds. The number of nitrogens with one attached hydrogen (secondary N) is 1. The van der Waals surface area contributed by atoms with Gasteiger partial charge in [-0.05, 0) is 60.4 Å². The van der Waals surface area contributed by atoms with E-state index in [1.807, 2.05) is 12.1 Å². The molecule has 3 aromatic rings. The maximum absolute atomic E-state index is 12.7. The molecule has 2 aliphatic rings. The summed E-state index contributed by atoms with van der Waals surface area (Å²) < 4.78 is 38.0. The highest BCUT2D eigenvalue weighted by Gasteiger charge is 2.26. The Morgan fingerprint density at radius 2 is 1.39 bits per heavy atom. The maximum atomic E-state index is 12.7. The average molecular weight is 465 g/mol. The smallest absolute Gasteiger partial charge is 0.255 e. The van der Waals surface area contributed by atoms with Gasteiger partial charge in [0.1, 0.15) is 13.2 Å². The summed E-state index contributed by atoms with van der Waals surface area (Å²) >= 11 is 0. The number of fused-ring (bicyclic) bond motifs is 1. The molecule has 1 N–H and O–H groups in total. The van der Waals surface area contributed by atoms with Crippen LogP contribution in [0.2, 0.25) is 0 Å². The molecule has 0 radical (unpaired) electrons. The van der Waals surface area contributed by atoms with Crippen LogP contribution in [0.5, 0.6) is 11.5 Å². The van der Waals surface area contributed by atoms with E-state index in [1.54, 1.807) is 54.6 Å². The van der Waals surface area contributed by atoms with Crippen LogP contribution in [-0.2, 0) is 10.0 Å². The zero-order valence-electron chi connectivity index (χ0n) is 18.0. The molecule has 5 rings (SSSR count). The standard InChI is InChI=1S/C25H24N2O5S/c28-25(26-21-9-12-23-24(17-21)32-16-15-31-23)20-5-3-18(4-6-20)19-7-10-22(11-8-19)33(29,30)27-13-1-2-14-27/h3-12,17H,1-2,13-16H2,(H,26,28). The second-order valence-electron chi connectivity index (χ2n) is 8.03. The van der Waals surface area contributed by atoms with Crippen molar-refractivity contribution in [1.82, 2.24) is 4.31 Å². The minimum Gasteiger partial charge on any atom is -0.486 e. The van der Waals surface area contributed by atoms with E-state index >= 15 is 0 Å². The Bertz CT molecular complexity index is 1270. The molecule has 0 aliphatic carbocycles. The highest BCUT2D eigenvalue weighted by Crippen LogP contribution is 2.33. The molecule has 33 heavy (non-hydrogen) atoms. The van der Waals surface area contributed by atoms with Crippen molar-refractivity contribution in [3.8, 4) is 22.6 Å². The van der Waals surface area contributed by atoms with Gasteiger partial charge in [-0.3, -0.25) is 4.79 Å². The monoisotopic (exact) mass is 464 g/mol. The van der Waals surface area contributed by atoms with E-state index in [0.717, 1.165) is 24.0 Å². The molecule has 2 aliphatic heterocycles. The molecule has 0 saturated carbocycles. The molecule has 170 valence electrons. The Labute approximate surface area is 193 Å². The van der Waals surface area contributed by atoms with E-state index in [-0.39, 0.29) is 5.91 Å². The number of benzene rings is 3. The van der Waals surface area contributed by atoms with Gasteiger partial charge in [0.25, 0.3) is 5.91 Å². The Morgan fingerprint density at radius 1 is 0.788 bits per heavy atom. The van der Waals surface area contributed by atoms with E-state index < -0.39 is 10.0 Å². The molecule has 0 spiro atoms. The number of hydrogen-bond acceptors (Lipinski definition) is 5. The van der Waals surface area contributed by atoms with Crippen LogP contribution in [0, 0.1) is 0 Å². The number of carbonyl (C=O) groups excluding carboxylic acids is 1. The lowest BCUT2D eigenvalue weighted by molar-refractivity contribution is 0.102. The van der Waals surface area contributed by atoms with Crippen LogP contribution in [0.1, 0.15) is 23.2 Å². The number of carbonyl (C=O) groups is 1. The minimum absolute atomic E-state index is 0.231. The van der Waals surface area contributed by atoms with Gasteiger partial charge in [-0.25, -0.2) is 8.42 Å². The first kappa shape index (κ1) is 21.5. The Hall–Kier alpha value is -3.36. The summed E-state index contributed by atoms with van der Waals surface area (Å²) in [5, 5.41) is 2.87. The van der Waals surface area contributed by atoms with E-state index in [9.17, 15) is 13.2 Å². The van der Waals surface area contributed by atoms with Gasteiger partial charge in [0.15, 0.2) is 11.5 Å². The topological polar surface area (TPSA) is 84.9 Å². The zero-order chi connectivity index (χ0) is 22.8. The van der Waals surface area contributed by atoms with Crippen LogP contribution in [0.3, 0.4) is 0 Å². The van der Waals surface area contributed by atoms with Gasteiger partial charge < -0.3 is 14.8 Å². The Kier molecular flexibility index (Phi) is 5.78. The van der Waals surface area contributed by atoms with Crippen LogP contribution in [-0.4, -0.2) is 44.9 Å². The summed E-state index contributed by atoms with van der Waals surface area (Å²) in [5.74, 6) is 1.05. The van der Waals surface area contributed by atoms with Crippen LogP contribution in [0.25, 0.3) is 11.1 Å². The number of amides is 1. The normalized spacial score (nSPS) is 15.9. The van der Waals surface area contributed by atoms with Gasteiger partial charge in [0.05, 0.1) is 4.90 Å². The first-order valence-electron chi connectivity index (χ1n) is 10.9. The molecular formula is C25H24N2O5S.